The Bertz CT molecular complexity index is 3710. The molecule has 0 radical (unpaired) electrons. The summed E-state index contributed by atoms with van der Waals surface area (Å²) in [5.41, 5.74) is 13.8. The van der Waals surface area contributed by atoms with Crippen LogP contribution in [0.1, 0.15) is 25.0 Å². The molecule has 59 heavy (non-hydrogen) atoms. The molecule has 13 rings (SSSR count). The number of pyridine rings is 2. The molecule has 0 N–H and O–H groups in total. The molecular weight excluding hydrogens is 717 g/mol. The van der Waals surface area contributed by atoms with Crippen LogP contribution in [-0.2, 0) is 5.41 Å². The Kier molecular flexibility index (Phi) is 6.48. The lowest BCUT2D eigenvalue weighted by molar-refractivity contribution is 0.673. The number of nitrogens with zero attached hydrogens (tertiary/aromatic N) is 4. The van der Waals surface area contributed by atoms with Crippen LogP contribution < -0.4 is 0 Å². The van der Waals surface area contributed by atoms with Gasteiger partial charge >= 0.3 is 0 Å². The summed E-state index contributed by atoms with van der Waals surface area (Å²) < 4.78 is 4.62. The number of fused-ring (bicyclic) bond motifs is 17. The van der Waals surface area contributed by atoms with Gasteiger partial charge in [0.1, 0.15) is 11.3 Å². The fourth-order valence-electron chi connectivity index (χ4n) is 10.7. The number of para-hydroxylation sites is 2. The maximum absolute atomic E-state index is 5.17. The summed E-state index contributed by atoms with van der Waals surface area (Å²) in [7, 11) is 0. The maximum Gasteiger partial charge on any atom is 0.146 e. The van der Waals surface area contributed by atoms with Crippen LogP contribution in [0, 0.1) is 0 Å². The van der Waals surface area contributed by atoms with Gasteiger partial charge in [0.15, 0.2) is 0 Å². The molecule has 0 aliphatic heterocycles. The number of benzene rings is 8. The van der Waals surface area contributed by atoms with Gasteiger partial charge in [0, 0.05) is 56.3 Å². The van der Waals surface area contributed by atoms with Crippen LogP contribution >= 0.6 is 0 Å². The van der Waals surface area contributed by atoms with Crippen molar-refractivity contribution in [2.75, 3.05) is 0 Å². The Balaban J connectivity index is 1.10. The van der Waals surface area contributed by atoms with Crippen LogP contribution in [0.5, 0.6) is 0 Å². The van der Waals surface area contributed by atoms with E-state index in [-0.39, 0.29) is 5.41 Å². The first-order chi connectivity index (χ1) is 29.1. The van der Waals surface area contributed by atoms with Gasteiger partial charge in [0.05, 0.1) is 11.0 Å². The van der Waals surface area contributed by atoms with Crippen molar-refractivity contribution in [1.82, 2.24) is 19.1 Å². The predicted molar refractivity (Wildman–Crippen MR) is 246 cm³/mol. The van der Waals surface area contributed by atoms with Crippen molar-refractivity contribution in [1.29, 1.82) is 0 Å². The molecule has 4 nitrogen and oxygen atoms in total. The van der Waals surface area contributed by atoms with Crippen LogP contribution in [0.4, 0.5) is 0 Å². The minimum absolute atomic E-state index is 0.298. The van der Waals surface area contributed by atoms with Crippen LogP contribution in [-0.4, -0.2) is 19.1 Å². The molecule has 0 saturated carbocycles. The highest BCUT2D eigenvalue weighted by Gasteiger charge is 2.40. The lowest BCUT2D eigenvalue weighted by Crippen LogP contribution is -2.16. The molecular formula is C55H36N4. The van der Waals surface area contributed by atoms with E-state index >= 15 is 0 Å². The van der Waals surface area contributed by atoms with Gasteiger partial charge in [-0.05, 0) is 121 Å². The van der Waals surface area contributed by atoms with E-state index in [1.165, 1.54) is 76.4 Å². The van der Waals surface area contributed by atoms with E-state index in [1.807, 2.05) is 24.5 Å². The zero-order valence-corrected chi connectivity index (χ0v) is 32.6. The van der Waals surface area contributed by atoms with Crippen molar-refractivity contribution in [3.8, 4) is 33.6 Å². The lowest BCUT2D eigenvalue weighted by Gasteiger charge is -2.25. The fourth-order valence-corrected chi connectivity index (χ4v) is 10.7. The van der Waals surface area contributed by atoms with Crippen molar-refractivity contribution < 1.29 is 0 Å². The molecule has 0 saturated heterocycles. The molecule has 1 aliphatic rings. The molecule has 0 atom stereocenters. The number of aromatic nitrogens is 4. The van der Waals surface area contributed by atoms with Crippen molar-refractivity contribution in [3.05, 3.63) is 193 Å². The van der Waals surface area contributed by atoms with Gasteiger partial charge in [-0.15, -0.1) is 0 Å². The van der Waals surface area contributed by atoms with E-state index in [0.29, 0.717) is 0 Å². The average Bonchev–Trinajstić information content (AvgIpc) is 3.89. The molecule has 0 unspecified atom stereocenters. The molecule has 4 heteroatoms. The normalized spacial score (nSPS) is 13.4. The Labute approximate surface area is 340 Å². The Hall–Kier alpha value is -7.56. The minimum atomic E-state index is -0.298. The summed E-state index contributed by atoms with van der Waals surface area (Å²) in [6.45, 7) is 4.90. The highest BCUT2D eigenvalue weighted by atomic mass is 15.1. The van der Waals surface area contributed by atoms with Crippen LogP contribution in [0.15, 0.2) is 182 Å². The molecule has 0 spiro atoms. The lowest BCUT2D eigenvalue weighted by atomic mass is 9.77. The third-order valence-corrected chi connectivity index (χ3v) is 13.1. The van der Waals surface area contributed by atoms with Gasteiger partial charge in [-0.25, -0.2) is 9.97 Å². The fraction of sp³-hybridized carbons (Fsp3) is 0.0545. The summed E-state index contributed by atoms with van der Waals surface area (Å²) in [6.07, 6.45) is 3.90. The molecule has 276 valence electrons. The summed E-state index contributed by atoms with van der Waals surface area (Å²) >= 11 is 0. The monoisotopic (exact) mass is 752 g/mol. The number of hydrogen-bond donors (Lipinski definition) is 0. The van der Waals surface area contributed by atoms with E-state index in [4.69, 9.17) is 9.97 Å². The van der Waals surface area contributed by atoms with Crippen molar-refractivity contribution in [2.45, 2.75) is 19.3 Å². The second kappa shape index (κ2) is 11.7. The molecule has 0 amide bonds. The Morgan fingerprint density at radius 1 is 0.390 bits per heavy atom. The summed E-state index contributed by atoms with van der Waals surface area (Å²) in [5, 5.41) is 12.6. The minimum Gasteiger partial charge on any atom is -0.309 e. The zero-order chi connectivity index (χ0) is 39.0. The topological polar surface area (TPSA) is 35.6 Å². The standard InChI is InChI=1S/C55H36N4/c1-55(2)51-42(25-24-41-39-20-10-9-18-37(39)38-19-11-12-21-40(38)49(41)51)43-26-28-48-50(52(43)55)46-30-33(23-27-47(46)58(48)35-14-5-3-6-15-35)34-31-45-44-22-13-29-56-53(44)59(54(45)57-32-34)36-16-7-4-8-17-36/h3-32H,1-2H3. The molecule has 4 aromatic heterocycles. The quantitative estimate of drug-likeness (QED) is 0.169. The van der Waals surface area contributed by atoms with Crippen molar-refractivity contribution in [2.24, 2.45) is 0 Å². The third-order valence-electron chi connectivity index (χ3n) is 13.1. The summed E-state index contributed by atoms with van der Waals surface area (Å²) in [4.78, 5) is 10.0. The molecule has 0 bridgehead atoms. The predicted octanol–water partition coefficient (Wildman–Crippen LogP) is 14.1. The first-order valence-electron chi connectivity index (χ1n) is 20.4. The molecule has 4 heterocycles. The SMILES string of the molecule is CC1(C)c2c(ccc3c4ccccc4c4ccccc4c23)-c2ccc3c(c21)c1cc(-c2cnc4c(c2)c2cccnc2n4-c2ccccc2)ccc1n3-c1ccccc1. The van der Waals surface area contributed by atoms with E-state index in [1.54, 1.807) is 0 Å². The zero-order valence-electron chi connectivity index (χ0n) is 32.6. The maximum atomic E-state index is 5.17. The Morgan fingerprint density at radius 2 is 0.932 bits per heavy atom. The number of rotatable bonds is 3. The van der Waals surface area contributed by atoms with E-state index < -0.39 is 0 Å². The van der Waals surface area contributed by atoms with E-state index in [2.05, 4.69) is 181 Å². The van der Waals surface area contributed by atoms with Crippen molar-refractivity contribution in [3.63, 3.8) is 0 Å². The van der Waals surface area contributed by atoms with Gasteiger partial charge in [-0.2, -0.15) is 0 Å². The highest BCUT2D eigenvalue weighted by molar-refractivity contribution is 6.28. The van der Waals surface area contributed by atoms with Crippen molar-refractivity contribution >= 4 is 76.2 Å². The van der Waals surface area contributed by atoms with Gasteiger partial charge in [0.2, 0.25) is 0 Å². The van der Waals surface area contributed by atoms with E-state index in [0.717, 1.165) is 44.6 Å². The van der Waals surface area contributed by atoms with E-state index in [9.17, 15) is 0 Å². The smallest absolute Gasteiger partial charge is 0.146 e. The molecule has 0 fully saturated rings. The second-order valence-electron chi connectivity index (χ2n) is 16.6. The van der Waals surface area contributed by atoms with Gasteiger partial charge in [-0.1, -0.05) is 123 Å². The van der Waals surface area contributed by atoms with Gasteiger partial charge in [-0.3, -0.25) is 4.57 Å². The molecule has 12 aromatic rings. The van der Waals surface area contributed by atoms with Gasteiger partial charge in [0.25, 0.3) is 0 Å². The van der Waals surface area contributed by atoms with Gasteiger partial charge < -0.3 is 4.57 Å². The molecule has 8 aromatic carbocycles. The van der Waals surface area contributed by atoms with Crippen LogP contribution in [0.2, 0.25) is 0 Å². The molecule has 1 aliphatic carbocycles. The van der Waals surface area contributed by atoms with Crippen LogP contribution in [0.3, 0.4) is 0 Å². The highest BCUT2D eigenvalue weighted by Crippen LogP contribution is 2.57. The summed E-state index contributed by atoms with van der Waals surface area (Å²) in [6, 6.07) is 62.1. The second-order valence-corrected chi connectivity index (χ2v) is 16.6. The van der Waals surface area contributed by atoms with Crippen LogP contribution in [0.25, 0.3) is 110 Å². The average molecular weight is 753 g/mol. The largest absolute Gasteiger partial charge is 0.309 e. The first kappa shape index (κ1) is 32.5. The number of hydrogen-bond acceptors (Lipinski definition) is 2. The first-order valence-corrected chi connectivity index (χ1v) is 20.4. The Morgan fingerprint density at radius 3 is 1.66 bits per heavy atom. The summed E-state index contributed by atoms with van der Waals surface area (Å²) in [5.74, 6) is 0. The third kappa shape index (κ3) is 4.32.